The normalized spacial score (nSPS) is 19.4. The molecule has 0 saturated carbocycles. The van der Waals surface area contributed by atoms with E-state index in [1.807, 2.05) is 24.3 Å². The third-order valence-corrected chi connectivity index (χ3v) is 5.53. The summed E-state index contributed by atoms with van der Waals surface area (Å²) in [5, 5.41) is 12.3. The Labute approximate surface area is 171 Å². The molecule has 0 aliphatic heterocycles. The second-order valence-electron chi connectivity index (χ2n) is 7.85. The minimum Gasteiger partial charge on any atom is -0.466 e. The molecule has 1 atom stereocenters. The molecule has 5 nitrogen and oxygen atoms in total. The lowest BCUT2D eigenvalue weighted by Crippen LogP contribution is -2.33. The molecule has 0 saturated heterocycles. The highest BCUT2D eigenvalue weighted by atomic mass is 35.5. The van der Waals surface area contributed by atoms with Gasteiger partial charge in [0.2, 0.25) is 0 Å². The van der Waals surface area contributed by atoms with E-state index in [9.17, 15) is 9.90 Å². The molecule has 0 radical (unpaired) electrons. The van der Waals surface area contributed by atoms with E-state index in [-0.39, 0.29) is 18.3 Å². The van der Waals surface area contributed by atoms with Crippen molar-refractivity contribution in [3.8, 4) is 0 Å². The summed E-state index contributed by atoms with van der Waals surface area (Å²) in [6.45, 7) is 6.87. The van der Waals surface area contributed by atoms with E-state index >= 15 is 0 Å². The number of esters is 1. The fourth-order valence-corrected chi connectivity index (χ4v) is 4.17. The van der Waals surface area contributed by atoms with Crippen molar-refractivity contribution in [2.24, 2.45) is 0 Å². The second kappa shape index (κ2) is 8.66. The highest BCUT2D eigenvalue weighted by Gasteiger charge is 2.40. The van der Waals surface area contributed by atoms with E-state index in [4.69, 9.17) is 21.3 Å². The number of hydrogen-bond donors (Lipinski definition) is 1. The van der Waals surface area contributed by atoms with Gasteiger partial charge in [-0.15, -0.1) is 0 Å². The average Bonchev–Trinajstić information content (AvgIpc) is 2.92. The number of benzene rings is 1. The Morgan fingerprint density at radius 1 is 1.32 bits per heavy atom. The van der Waals surface area contributed by atoms with Crippen molar-refractivity contribution in [2.45, 2.75) is 70.9 Å². The van der Waals surface area contributed by atoms with Gasteiger partial charge in [0.25, 0.3) is 0 Å². The molecule has 1 N–H and O–H groups in total. The number of carbonyl (C=O) groups excluding carboxylic acids is 1. The highest BCUT2D eigenvalue weighted by Crippen LogP contribution is 2.39. The number of aliphatic hydroxyl groups is 1. The quantitative estimate of drug-likeness (QED) is 0.565. The van der Waals surface area contributed by atoms with Crippen molar-refractivity contribution in [3.63, 3.8) is 0 Å². The Kier molecular flexibility index (Phi) is 6.46. The van der Waals surface area contributed by atoms with Gasteiger partial charge in [0, 0.05) is 17.5 Å². The van der Waals surface area contributed by atoms with Gasteiger partial charge in [-0.3, -0.25) is 4.79 Å². The zero-order valence-corrected chi connectivity index (χ0v) is 17.6. The number of aromatic nitrogens is 2. The molecule has 1 aromatic carbocycles. The van der Waals surface area contributed by atoms with Crippen molar-refractivity contribution in [1.29, 1.82) is 0 Å². The summed E-state index contributed by atoms with van der Waals surface area (Å²) in [5.41, 5.74) is 1.50. The fourth-order valence-electron chi connectivity index (χ4n) is 4.04. The topological polar surface area (TPSA) is 64.3 Å². The van der Waals surface area contributed by atoms with Crippen molar-refractivity contribution in [2.75, 3.05) is 6.61 Å². The Hall–Kier alpha value is -1.85. The monoisotopic (exact) mass is 404 g/mol. The number of rotatable bonds is 6. The predicted molar refractivity (Wildman–Crippen MR) is 110 cm³/mol. The number of ether oxygens (including phenoxy) is 1. The zero-order chi connectivity index (χ0) is 20.3. The number of nitrogens with zero attached hydrogens (tertiary/aromatic N) is 2. The van der Waals surface area contributed by atoms with Crippen LogP contribution in [-0.4, -0.2) is 27.2 Å². The van der Waals surface area contributed by atoms with Gasteiger partial charge in [-0.25, -0.2) is 4.98 Å². The van der Waals surface area contributed by atoms with Crippen LogP contribution in [-0.2, 0) is 28.1 Å². The van der Waals surface area contributed by atoms with Crippen LogP contribution in [0.2, 0.25) is 5.02 Å². The molecule has 6 heteroatoms. The van der Waals surface area contributed by atoms with Gasteiger partial charge in [-0.05, 0) is 50.3 Å². The molecule has 1 aliphatic rings. The minimum absolute atomic E-state index is 0.0440. The lowest BCUT2D eigenvalue weighted by molar-refractivity contribution is -0.149. The van der Waals surface area contributed by atoms with Crippen LogP contribution in [0, 0.1) is 0 Å². The van der Waals surface area contributed by atoms with Gasteiger partial charge in [-0.1, -0.05) is 37.6 Å². The highest BCUT2D eigenvalue weighted by molar-refractivity contribution is 6.30. The van der Waals surface area contributed by atoms with Crippen molar-refractivity contribution in [3.05, 3.63) is 52.1 Å². The molecule has 0 amide bonds. The van der Waals surface area contributed by atoms with Crippen LogP contribution < -0.4 is 0 Å². The summed E-state index contributed by atoms with van der Waals surface area (Å²) in [5.74, 6) is 0.762. The Balaban J connectivity index is 2.08. The van der Waals surface area contributed by atoms with Crippen LogP contribution in [0.4, 0.5) is 0 Å². The summed E-state index contributed by atoms with van der Waals surface area (Å²) in [7, 11) is 0. The molecule has 1 heterocycles. The van der Waals surface area contributed by atoms with Gasteiger partial charge in [-0.2, -0.15) is 0 Å². The van der Waals surface area contributed by atoms with E-state index < -0.39 is 5.60 Å². The average molecular weight is 405 g/mol. The van der Waals surface area contributed by atoms with E-state index in [2.05, 4.69) is 18.4 Å². The maximum absolute atomic E-state index is 12.3. The smallest absolute Gasteiger partial charge is 0.309 e. The first-order valence-corrected chi connectivity index (χ1v) is 10.4. The number of aryl methyl sites for hydroxylation is 1. The largest absolute Gasteiger partial charge is 0.466 e. The van der Waals surface area contributed by atoms with Crippen molar-refractivity contribution >= 4 is 17.6 Å². The standard InChI is InChI=1S/C22H29ClN2O3/c1-4-28-19(26)13-22(27)12-6-5-7-18-20(22)25(21(24-18)15(2)3)14-16-8-10-17(23)11-9-16/h8-11,15,27H,4-7,12-14H2,1-3H3. The number of imidazole rings is 1. The van der Waals surface area contributed by atoms with Crippen molar-refractivity contribution < 1.29 is 14.6 Å². The van der Waals surface area contributed by atoms with Crippen LogP contribution in [0.1, 0.15) is 75.1 Å². The first-order chi connectivity index (χ1) is 13.3. The Morgan fingerprint density at radius 3 is 2.68 bits per heavy atom. The lowest BCUT2D eigenvalue weighted by Gasteiger charge is -2.29. The van der Waals surface area contributed by atoms with Gasteiger partial charge < -0.3 is 14.4 Å². The Bertz CT molecular complexity index is 829. The summed E-state index contributed by atoms with van der Waals surface area (Å²) < 4.78 is 7.25. The van der Waals surface area contributed by atoms with Crippen LogP contribution in [0.15, 0.2) is 24.3 Å². The molecule has 0 spiro atoms. The maximum atomic E-state index is 12.3. The zero-order valence-electron chi connectivity index (χ0n) is 16.9. The molecule has 0 fully saturated rings. The second-order valence-corrected chi connectivity index (χ2v) is 8.29. The van der Waals surface area contributed by atoms with Gasteiger partial charge >= 0.3 is 5.97 Å². The molecular weight excluding hydrogens is 376 g/mol. The molecule has 1 aliphatic carbocycles. The molecule has 1 unspecified atom stereocenters. The number of halogens is 1. The molecule has 28 heavy (non-hydrogen) atoms. The SMILES string of the molecule is CCOC(=O)CC1(O)CCCCc2nc(C(C)C)n(Cc3ccc(Cl)cc3)c21. The van der Waals surface area contributed by atoms with Gasteiger partial charge in [0.15, 0.2) is 0 Å². The summed E-state index contributed by atoms with van der Waals surface area (Å²) >= 11 is 6.03. The third kappa shape index (κ3) is 4.41. The van der Waals surface area contributed by atoms with Gasteiger partial charge in [0.1, 0.15) is 11.4 Å². The fraction of sp³-hybridized carbons (Fsp3) is 0.545. The number of carbonyl (C=O) groups is 1. The van der Waals surface area contributed by atoms with E-state index in [1.54, 1.807) is 6.92 Å². The minimum atomic E-state index is -1.26. The maximum Gasteiger partial charge on any atom is 0.309 e. The predicted octanol–water partition coefficient (Wildman–Crippen LogP) is 4.58. The van der Waals surface area contributed by atoms with Gasteiger partial charge in [0.05, 0.1) is 24.4 Å². The van der Waals surface area contributed by atoms with E-state index in [0.29, 0.717) is 24.6 Å². The Morgan fingerprint density at radius 2 is 2.04 bits per heavy atom. The first kappa shape index (κ1) is 20.9. The molecular formula is C22H29ClN2O3. The summed E-state index contributed by atoms with van der Waals surface area (Å²) in [6, 6.07) is 7.71. The summed E-state index contributed by atoms with van der Waals surface area (Å²) in [6.07, 6.45) is 3.10. The molecule has 0 bridgehead atoms. The number of fused-ring (bicyclic) bond motifs is 1. The van der Waals surface area contributed by atoms with Crippen LogP contribution in [0.5, 0.6) is 0 Å². The van der Waals surface area contributed by atoms with Crippen molar-refractivity contribution in [1.82, 2.24) is 9.55 Å². The van der Waals surface area contributed by atoms with Crippen LogP contribution in [0.25, 0.3) is 0 Å². The lowest BCUT2D eigenvalue weighted by atomic mass is 9.90. The van der Waals surface area contributed by atoms with E-state index in [0.717, 1.165) is 42.0 Å². The number of hydrogen-bond acceptors (Lipinski definition) is 4. The summed E-state index contributed by atoms with van der Waals surface area (Å²) in [4.78, 5) is 17.2. The molecule has 152 valence electrons. The first-order valence-electron chi connectivity index (χ1n) is 10.1. The van der Waals surface area contributed by atoms with Crippen LogP contribution in [0.3, 0.4) is 0 Å². The molecule has 3 rings (SSSR count). The third-order valence-electron chi connectivity index (χ3n) is 5.28. The molecule has 2 aromatic rings. The molecule has 1 aromatic heterocycles. The van der Waals surface area contributed by atoms with Crippen LogP contribution >= 0.6 is 11.6 Å². The van der Waals surface area contributed by atoms with E-state index in [1.165, 1.54) is 0 Å².